The molecule has 1 aliphatic carbocycles. The van der Waals surface area contributed by atoms with Crippen molar-refractivity contribution in [3.05, 3.63) is 0 Å². The quantitative estimate of drug-likeness (QED) is 0.559. The van der Waals surface area contributed by atoms with Crippen LogP contribution in [0.2, 0.25) is 0 Å². The number of carbonyl (C=O) groups excluding carboxylic acids is 1. The van der Waals surface area contributed by atoms with Gasteiger partial charge in [-0.05, 0) is 25.2 Å². The number of aliphatic hydroxyl groups excluding tert-OH is 1. The second-order valence-corrected chi connectivity index (χ2v) is 3.75. The van der Waals surface area contributed by atoms with Gasteiger partial charge in [0, 0.05) is 6.54 Å². The van der Waals surface area contributed by atoms with E-state index in [1.54, 1.807) is 0 Å². The third-order valence-corrected chi connectivity index (χ3v) is 2.55. The molecule has 0 aromatic heterocycles. The Labute approximate surface area is 78.5 Å². The molecule has 1 saturated carbocycles. The van der Waals surface area contributed by atoms with Crippen molar-refractivity contribution in [2.45, 2.75) is 38.3 Å². The lowest BCUT2D eigenvalue weighted by Gasteiger charge is -2.31. The van der Waals surface area contributed by atoms with E-state index in [0.29, 0.717) is 18.9 Å². The van der Waals surface area contributed by atoms with Gasteiger partial charge >= 0.3 is 0 Å². The number of carbonyl (C=O) groups is 1. The molecule has 0 heterocycles. The van der Waals surface area contributed by atoms with Crippen LogP contribution in [-0.2, 0) is 4.79 Å². The Hall–Kier alpha value is -0.610. The van der Waals surface area contributed by atoms with Gasteiger partial charge in [0.15, 0.2) is 0 Å². The van der Waals surface area contributed by atoms with Crippen LogP contribution < -0.4 is 11.1 Å². The first-order chi connectivity index (χ1) is 6.13. The molecule has 0 aromatic carbocycles. The number of amides is 1. The summed E-state index contributed by atoms with van der Waals surface area (Å²) in [6, 6.07) is -0.384. The van der Waals surface area contributed by atoms with Gasteiger partial charge in [-0.1, -0.05) is 6.92 Å². The van der Waals surface area contributed by atoms with Crippen LogP contribution in [0.15, 0.2) is 0 Å². The van der Waals surface area contributed by atoms with Gasteiger partial charge in [0.2, 0.25) is 5.91 Å². The van der Waals surface area contributed by atoms with E-state index in [0.717, 1.165) is 12.8 Å². The Balaban J connectivity index is 2.09. The van der Waals surface area contributed by atoms with Gasteiger partial charge in [-0.15, -0.1) is 0 Å². The highest BCUT2D eigenvalue weighted by atomic mass is 16.3. The highest BCUT2D eigenvalue weighted by molar-refractivity contribution is 5.81. The largest absolute Gasteiger partial charge is 0.393 e. The molecule has 76 valence electrons. The summed E-state index contributed by atoms with van der Waals surface area (Å²) < 4.78 is 0. The standard InChI is InChI=1S/C9H18N2O2/c1-2-8(10)9(13)11-5-6-3-7(12)4-6/h6-8,12H,2-5,10H2,1H3,(H,11,13). The Kier molecular flexibility index (Phi) is 3.69. The third kappa shape index (κ3) is 2.97. The van der Waals surface area contributed by atoms with E-state index in [2.05, 4.69) is 5.32 Å². The lowest BCUT2D eigenvalue weighted by Crippen LogP contribution is -2.44. The summed E-state index contributed by atoms with van der Waals surface area (Å²) in [5.74, 6) is 0.367. The van der Waals surface area contributed by atoms with Crippen molar-refractivity contribution in [3.8, 4) is 0 Å². The minimum atomic E-state index is -0.384. The molecule has 0 aromatic rings. The second-order valence-electron chi connectivity index (χ2n) is 3.75. The normalized spacial score (nSPS) is 29.2. The average molecular weight is 186 g/mol. The predicted octanol–water partition coefficient (Wildman–Crippen LogP) is -0.389. The van der Waals surface area contributed by atoms with Crippen LogP contribution in [0.1, 0.15) is 26.2 Å². The highest BCUT2D eigenvalue weighted by Crippen LogP contribution is 2.25. The fourth-order valence-electron chi connectivity index (χ4n) is 1.43. The molecule has 4 nitrogen and oxygen atoms in total. The maximum absolute atomic E-state index is 11.2. The first-order valence-corrected chi connectivity index (χ1v) is 4.84. The van der Waals surface area contributed by atoms with Crippen molar-refractivity contribution in [3.63, 3.8) is 0 Å². The van der Waals surface area contributed by atoms with Crippen LogP contribution in [0.25, 0.3) is 0 Å². The SMILES string of the molecule is CCC(N)C(=O)NCC1CC(O)C1. The summed E-state index contributed by atoms with van der Waals surface area (Å²) in [6.07, 6.45) is 2.13. The van der Waals surface area contributed by atoms with Crippen molar-refractivity contribution >= 4 is 5.91 Å². The summed E-state index contributed by atoms with van der Waals surface area (Å²) in [4.78, 5) is 11.2. The van der Waals surface area contributed by atoms with Crippen LogP contribution in [-0.4, -0.2) is 29.7 Å². The van der Waals surface area contributed by atoms with Crippen molar-refractivity contribution in [2.75, 3.05) is 6.54 Å². The monoisotopic (exact) mass is 186 g/mol. The van der Waals surface area contributed by atoms with E-state index in [4.69, 9.17) is 10.8 Å². The molecular formula is C9H18N2O2. The number of hydrogen-bond acceptors (Lipinski definition) is 3. The summed E-state index contributed by atoms with van der Waals surface area (Å²) >= 11 is 0. The molecule has 1 aliphatic rings. The average Bonchev–Trinajstić information content (AvgIpc) is 2.08. The molecule has 0 bridgehead atoms. The molecule has 1 fully saturated rings. The zero-order valence-corrected chi connectivity index (χ0v) is 7.99. The van der Waals surface area contributed by atoms with Crippen LogP contribution in [0, 0.1) is 5.92 Å². The molecule has 0 spiro atoms. The molecule has 4 N–H and O–H groups in total. The summed E-state index contributed by atoms with van der Waals surface area (Å²) in [5.41, 5.74) is 5.53. The van der Waals surface area contributed by atoms with Gasteiger partial charge in [0.05, 0.1) is 12.1 Å². The minimum Gasteiger partial charge on any atom is -0.393 e. The van der Waals surface area contributed by atoms with E-state index < -0.39 is 0 Å². The van der Waals surface area contributed by atoms with Crippen molar-refractivity contribution in [2.24, 2.45) is 11.7 Å². The maximum atomic E-state index is 11.2. The summed E-state index contributed by atoms with van der Waals surface area (Å²) in [5, 5.41) is 11.8. The molecule has 1 atom stereocenters. The van der Waals surface area contributed by atoms with Gasteiger partial charge in [0.25, 0.3) is 0 Å². The van der Waals surface area contributed by atoms with E-state index >= 15 is 0 Å². The van der Waals surface area contributed by atoms with Gasteiger partial charge < -0.3 is 16.2 Å². The molecule has 0 radical (unpaired) electrons. The van der Waals surface area contributed by atoms with Gasteiger partial charge in [-0.25, -0.2) is 0 Å². The molecular weight excluding hydrogens is 168 g/mol. The fourth-order valence-corrected chi connectivity index (χ4v) is 1.43. The zero-order valence-electron chi connectivity index (χ0n) is 7.99. The Bertz CT molecular complexity index is 178. The van der Waals surface area contributed by atoms with E-state index in [1.807, 2.05) is 6.92 Å². The van der Waals surface area contributed by atoms with E-state index in [9.17, 15) is 4.79 Å². The van der Waals surface area contributed by atoms with Crippen molar-refractivity contribution in [1.82, 2.24) is 5.32 Å². The van der Waals surface area contributed by atoms with E-state index in [-0.39, 0.29) is 18.1 Å². The van der Waals surface area contributed by atoms with Gasteiger partial charge in [-0.3, -0.25) is 4.79 Å². The Morgan fingerprint density at radius 1 is 1.69 bits per heavy atom. The molecule has 0 aliphatic heterocycles. The van der Waals surface area contributed by atoms with Gasteiger partial charge in [-0.2, -0.15) is 0 Å². The summed E-state index contributed by atoms with van der Waals surface area (Å²) in [7, 11) is 0. The second kappa shape index (κ2) is 4.58. The Morgan fingerprint density at radius 2 is 2.31 bits per heavy atom. The van der Waals surface area contributed by atoms with Crippen LogP contribution in [0.4, 0.5) is 0 Å². The molecule has 1 rings (SSSR count). The molecule has 0 saturated heterocycles. The third-order valence-electron chi connectivity index (χ3n) is 2.55. The Morgan fingerprint density at radius 3 is 2.77 bits per heavy atom. The fraction of sp³-hybridized carbons (Fsp3) is 0.889. The number of rotatable bonds is 4. The number of nitrogens with two attached hydrogens (primary N) is 1. The lowest BCUT2D eigenvalue weighted by atomic mass is 9.82. The molecule has 1 amide bonds. The van der Waals surface area contributed by atoms with Crippen LogP contribution >= 0.6 is 0 Å². The van der Waals surface area contributed by atoms with Crippen LogP contribution in [0.5, 0.6) is 0 Å². The lowest BCUT2D eigenvalue weighted by molar-refractivity contribution is -0.123. The topological polar surface area (TPSA) is 75.4 Å². The zero-order chi connectivity index (χ0) is 9.84. The maximum Gasteiger partial charge on any atom is 0.236 e. The highest BCUT2D eigenvalue weighted by Gasteiger charge is 2.27. The predicted molar refractivity (Wildman–Crippen MR) is 50.0 cm³/mol. The van der Waals surface area contributed by atoms with Gasteiger partial charge in [0.1, 0.15) is 0 Å². The smallest absolute Gasteiger partial charge is 0.236 e. The number of nitrogens with one attached hydrogen (secondary N) is 1. The molecule has 13 heavy (non-hydrogen) atoms. The molecule has 4 heteroatoms. The number of hydrogen-bond donors (Lipinski definition) is 3. The van der Waals surface area contributed by atoms with Crippen molar-refractivity contribution in [1.29, 1.82) is 0 Å². The van der Waals surface area contributed by atoms with E-state index in [1.165, 1.54) is 0 Å². The first kappa shape index (κ1) is 10.5. The van der Waals surface area contributed by atoms with Crippen LogP contribution in [0.3, 0.4) is 0 Å². The van der Waals surface area contributed by atoms with Crippen molar-refractivity contribution < 1.29 is 9.90 Å². The number of aliphatic hydroxyl groups is 1. The first-order valence-electron chi connectivity index (χ1n) is 4.84. The minimum absolute atomic E-state index is 0.0797. The summed E-state index contributed by atoms with van der Waals surface area (Å²) in [6.45, 7) is 2.54. The molecule has 1 unspecified atom stereocenters.